The molecule has 8 heteroatoms. The summed E-state index contributed by atoms with van der Waals surface area (Å²) in [6, 6.07) is 2.52. The van der Waals surface area contributed by atoms with E-state index in [9.17, 15) is 9.59 Å². The van der Waals surface area contributed by atoms with Gasteiger partial charge in [-0.25, -0.2) is 0 Å². The molecule has 1 atom stereocenters. The van der Waals surface area contributed by atoms with Crippen LogP contribution in [0.15, 0.2) is 12.3 Å². The van der Waals surface area contributed by atoms with Crippen molar-refractivity contribution in [2.75, 3.05) is 32.7 Å². The molecule has 1 unspecified atom stereocenters. The van der Waals surface area contributed by atoms with Crippen molar-refractivity contribution in [1.82, 2.24) is 24.9 Å². The van der Waals surface area contributed by atoms with E-state index in [-0.39, 0.29) is 30.8 Å². The third-order valence-corrected chi connectivity index (χ3v) is 5.00. The summed E-state index contributed by atoms with van der Waals surface area (Å²) in [6.07, 6.45) is 6.32. The zero-order chi connectivity index (χ0) is 15.8. The summed E-state index contributed by atoms with van der Waals surface area (Å²) in [5.41, 5.74) is 0.447. The molecule has 3 heterocycles. The monoisotopic (exact) mass is 353 g/mol. The molecule has 1 aromatic rings. The average Bonchev–Trinajstić information content (AvgIpc) is 3.30. The Hall–Kier alpha value is -1.60. The molecule has 2 amide bonds. The number of hydrogen-bond donors (Lipinski definition) is 1. The number of aromatic nitrogens is 2. The number of amides is 2. The molecule has 2 aliphatic heterocycles. The third-order valence-electron chi connectivity index (χ3n) is 5.00. The van der Waals surface area contributed by atoms with Crippen LogP contribution in [0.4, 0.5) is 0 Å². The fourth-order valence-electron chi connectivity index (χ4n) is 3.51. The number of piperazine rings is 1. The Morgan fingerprint density at radius 1 is 1.21 bits per heavy atom. The van der Waals surface area contributed by atoms with Crippen LogP contribution in [0, 0.1) is 0 Å². The van der Waals surface area contributed by atoms with Crippen LogP contribution in [0.25, 0.3) is 0 Å². The van der Waals surface area contributed by atoms with Gasteiger partial charge in [0, 0.05) is 31.9 Å². The molecule has 1 N–H and O–H groups in total. The lowest BCUT2D eigenvalue weighted by Gasteiger charge is -2.34. The standard InChI is InChI=1S/C16H23N5O2.ClH/c22-15-11-19(8-9-20(15)12-3-4-12)16(23)14-5-7-21(18-14)13-2-1-6-17-10-13;/h5,7,12-13,17H,1-4,6,8-11H2;1H. The highest BCUT2D eigenvalue weighted by Crippen LogP contribution is 2.28. The molecule has 0 radical (unpaired) electrons. The molecule has 0 spiro atoms. The molecule has 3 aliphatic rings. The Kier molecular flexibility index (Phi) is 5.10. The van der Waals surface area contributed by atoms with Crippen LogP contribution in [-0.2, 0) is 4.79 Å². The van der Waals surface area contributed by atoms with Crippen LogP contribution >= 0.6 is 12.4 Å². The van der Waals surface area contributed by atoms with Gasteiger partial charge in [-0.15, -0.1) is 12.4 Å². The number of nitrogens with one attached hydrogen (secondary N) is 1. The van der Waals surface area contributed by atoms with Gasteiger partial charge < -0.3 is 15.1 Å². The zero-order valence-electron chi connectivity index (χ0n) is 13.7. The summed E-state index contributed by atoms with van der Waals surface area (Å²) >= 11 is 0. The van der Waals surface area contributed by atoms with Crippen LogP contribution in [0.2, 0.25) is 0 Å². The molecule has 3 fully saturated rings. The Balaban J connectivity index is 0.00000169. The maximum absolute atomic E-state index is 12.6. The maximum atomic E-state index is 12.6. The van der Waals surface area contributed by atoms with Gasteiger partial charge in [0.05, 0.1) is 6.04 Å². The number of piperidine rings is 1. The van der Waals surface area contributed by atoms with E-state index in [1.165, 1.54) is 0 Å². The summed E-state index contributed by atoms with van der Waals surface area (Å²) in [4.78, 5) is 28.3. The van der Waals surface area contributed by atoms with Gasteiger partial charge in [-0.1, -0.05) is 0 Å². The molecular formula is C16H24ClN5O2. The molecule has 0 aromatic carbocycles. The van der Waals surface area contributed by atoms with E-state index >= 15 is 0 Å². The lowest BCUT2D eigenvalue weighted by Crippen LogP contribution is -2.53. The molecule has 1 saturated carbocycles. The second kappa shape index (κ2) is 7.11. The topological polar surface area (TPSA) is 70.5 Å². The minimum atomic E-state index is -0.128. The first kappa shape index (κ1) is 17.2. The summed E-state index contributed by atoms with van der Waals surface area (Å²) in [7, 11) is 0. The lowest BCUT2D eigenvalue weighted by atomic mass is 10.1. The average molecular weight is 354 g/mol. The molecule has 24 heavy (non-hydrogen) atoms. The van der Waals surface area contributed by atoms with Crippen molar-refractivity contribution in [2.24, 2.45) is 0 Å². The Morgan fingerprint density at radius 3 is 2.71 bits per heavy atom. The van der Waals surface area contributed by atoms with Crippen molar-refractivity contribution >= 4 is 24.2 Å². The first-order valence-electron chi connectivity index (χ1n) is 8.57. The quantitative estimate of drug-likeness (QED) is 0.867. The second-order valence-corrected chi connectivity index (χ2v) is 6.73. The molecule has 132 valence electrons. The molecule has 1 aromatic heterocycles. The number of nitrogens with zero attached hydrogens (tertiary/aromatic N) is 4. The normalized spacial score (nSPS) is 24.7. The van der Waals surface area contributed by atoms with Crippen molar-refractivity contribution in [3.05, 3.63) is 18.0 Å². The predicted octanol–water partition coefficient (Wildman–Crippen LogP) is 0.676. The van der Waals surface area contributed by atoms with Gasteiger partial charge in [-0.05, 0) is 38.3 Å². The van der Waals surface area contributed by atoms with Gasteiger partial charge in [0.25, 0.3) is 5.91 Å². The van der Waals surface area contributed by atoms with E-state index in [2.05, 4.69) is 10.4 Å². The fraction of sp³-hybridized carbons (Fsp3) is 0.688. The predicted molar refractivity (Wildman–Crippen MR) is 91.3 cm³/mol. The van der Waals surface area contributed by atoms with E-state index in [0.29, 0.717) is 30.9 Å². The largest absolute Gasteiger partial charge is 0.336 e. The summed E-state index contributed by atoms with van der Waals surface area (Å²) in [6.45, 7) is 3.40. The van der Waals surface area contributed by atoms with E-state index in [0.717, 1.165) is 38.8 Å². The van der Waals surface area contributed by atoms with Gasteiger partial charge in [-0.2, -0.15) is 5.10 Å². The third kappa shape index (κ3) is 3.42. The van der Waals surface area contributed by atoms with Gasteiger partial charge in [0.2, 0.25) is 5.91 Å². The highest BCUT2D eigenvalue weighted by atomic mass is 35.5. The van der Waals surface area contributed by atoms with Gasteiger partial charge in [-0.3, -0.25) is 14.3 Å². The SMILES string of the molecule is Cl.O=C(c1ccn(C2CCCNC2)n1)N1CCN(C2CC2)C(=O)C1. The van der Waals surface area contributed by atoms with Crippen molar-refractivity contribution in [3.63, 3.8) is 0 Å². The second-order valence-electron chi connectivity index (χ2n) is 6.73. The first-order valence-corrected chi connectivity index (χ1v) is 8.57. The summed E-state index contributed by atoms with van der Waals surface area (Å²) in [5.74, 6) is -0.0562. The van der Waals surface area contributed by atoms with Crippen molar-refractivity contribution < 1.29 is 9.59 Å². The van der Waals surface area contributed by atoms with Gasteiger partial charge in [0.15, 0.2) is 0 Å². The number of halogens is 1. The van der Waals surface area contributed by atoms with Crippen LogP contribution in [0.1, 0.15) is 42.2 Å². The Bertz CT molecular complexity index is 609. The van der Waals surface area contributed by atoms with Crippen LogP contribution in [0.3, 0.4) is 0 Å². The number of rotatable bonds is 3. The molecule has 4 rings (SSSR count). The zero-order valence-corrected chi connectivity index (χ0v) is 14.5. The summed E-state index contributed by atoms with van der Waals surface area (Å²) in [5, 5.41) is 7.82. The van der Waals surface area contributed by atoms with Crippen molar-refractivity contribution in [3.8, 4) is 0 Å². The van der Waals surface area contributed by atoms with Gasteiger partial charge in [0.1, 0.15) is 12.2 Å². The lowest BCUT2D eigenvalue weighted by molar-refractivity contribution is -0.135. The minimum absolute atomic E-state index is 0. The smallest absolute Gasteiger partial charge is 0.274 e. The Morgan fingerprint density at radius 2 is 2.04 bits per heavy atom. The van der Waals surface area contributed by atoms with E-state index in [1.54, 1.807) is 11.0 Å². The molecule has 7 nitrogen and oxygen atoms in total. The van der Waals surface area contributed by atoms with Crippen LogP contribution in [0.5, 0.6) is 0 Å². The highest BCUT2D eigenvalue weighted by Gasteiger charge is 2.37. The van der Waals surface area contributed by atoms with Gasteiger partial charge >= 0.3 is 0 Å². The fourth-order valence-corrected chi connectivity index (χ4v) is 3.51. The maximum Gasteiger partial charge on any atom is 0.274 e. The molecule has 0 bridgehead atoms. The highest BCUT2D eigenvalue weighted by molar-refractivity contribution is 5.95. The van der Waals surface area contributed by atoms with E-state index in [4.69, 9.17) is 0 Å². The van der Waals surface area contributed by atoms with Crippen molar-refractivity contribution in [1.29, 1.82) is 0 Å². The molecule has 2 saturated heterocycles. The Labute approximate surface area is 147 Å². The minimum Gasteiger partial charge on any atom is -0.336 e. The van der Waals surface area contributed by atoms with Crippen LogP contribution < -0.4 is 5.32 Å². The molecular weight excluding hydrogens is 330 g/mol. The summed E-state index contributed by atoms with van der Waals surface area (Å²) < 4.78 is 1.89. The number of carbonyl (C=O) groups excluding carboxylic acids is 2. The number of hydrogen-bond acceptors (Lipinski definition) is 4. The van der Waals surface area contributed by atoms with E-state index < -0.39 is 0 Å². The van der Waals surface area contributed by atoms with E-state index in [1.807, 2.05) is 15.8 Å². The first-order chi connectivity index (χ1) is 11.2. The van der Waals surface area contributed by atoms with Crippen LogP contribution in [-0.4, -0.2) is 70.2 Å². The number of carbonyl (C=O) groups is 2. The molecule has 1 aliphatic carbocycles. The van der Waals surface area contributed by atoms with Crippen molar-refractivity contribution in [2.45, 2.75) is 37.8 Å².